The topological polar surface area (TPSA) is 57.2 Å². The van der Waals surface area contributed by atoms with Gasteiger partial charge in [0.15, 0.2) is 0 Å². The van der Waals surface area contributed by atoms with Crippen LogP contribution in [0.1, 0.15) is 79.1 Å². The van der Waals surface area contributed by atoms with E-state index in [9.17, 15) is 5.11 Å². The summed E-state index contributed by atoms with van der Waals surface area (Å²) in [6.45, 7) is 11.1. The lowest BCUT2D eigenvalue weighted by atomic mass is 9.92. The zero-order valence-corrected chi connectivity index (χ0v) is 17.5. The third kappa shape index (κ3) is 8.22. The molecule has 0 radical (unpaired) electrons. The van der Waals surface area contributed by atoms with Gasteiger partial charge in [0.05, 0.1) is 12.7 Å². The molecule has 26 heavy (non-hydrogen) atoms. The van der Waals surface area contributed by atoms with Gasteiger partial charge in [0, 0.05) is 19.8 Å². The van der Waals surface area contributed by atoms with Crippen LogP contribution in [0.25, 0.3) is 0 Å². The summed E-state index contributed by atoms with van der Waals surface area (Å²) in [6.07, 6.45) is 6.42. The van der Waals surface area contributed by atoms with Crippen molar-refractivity contribution in [2.24, 2.45) is 0 Å². The summed E-state index contributed by atoms with van der Waals surface area (Å²) < 4.78 is 24.3. The van der Waals surface area contributed by atoms with Crippen molar-refractivity contribution in [3.05, 3.63) is 0 Å². The van der Waals surface area contributed by atoms with Gasteiger partial charge in [-0.2, -0.15) is 0 Å². The summed E-state index contributed by atoms with van der Waals surface area (Å²) in [7, 11) is 0. The molecule has 1 N–H and O–H groups in total. The van der Waals surface area contributed by atoms with Gasteiger partial charge < -0.3 is 24.1 Å². The maximum absolute atomic E-state index is 10.8. The maximum Gasteiger partial charge on any atom is 0.115 e. The van der Waals surface area contributed by atoms with Gasteiger partial charge in [0.1, 0.15) is 24.4 Å². The summed E-state index contributed by atoms with van der Waals surface area (Å²) in [5.41, 5.74) is 0. The molecule has 5 atom stereocenters. The number of hydrogen-bond acceptors (Lipinski definition) is 5. The van der Waals surface area contributed by atoms with Crippen molar-refractivity contribution >= 4 is 0 Å². The third-order valence-corrected chi connectivity index (χ3v) is 4.87. The van der Waals surface area contributed by atoms with Gasteiger partial charge in [0.2, 0.25) is 0 Å². The predicted molar refractivity (Wildman–Crippen MR) is 105 cm³/mol. The second-order valence-corrected chi connectivity index (χ2v) is 7.30. The molecular formula is C21H42O5. The second-order valence-electron chi connectivity index (χ2n) is 7.30. The minimum atomic E-state index is -0.648. The maximum atomic E-state index is 10.8. The van der Waals surface area contributed by atoms with Crippen LogP contribution in [0.2, 0.25) is 0 Å². The molecular weight excluding hydrogens is 332 g/mol. The Bertz CT molecular complexity index is 326. The molecule has 1 heterocycles. The van der Waals surface area contributed by atoms with E-state index in [0.717, 1.165) is 58.0 Å². The summed E-state index contributed by atoms with van der Waals surface area (Å²) in [5, 5.41) is 10.8. The first-order valence-corrected chi connectivity index (χ1v) is 10.8. The molecule has 0 bridgehead atoms. The van der Waals surface area contributed by atoms with E-state index in [4.69, 9.17) is 18.9 Å². The highest BCUT2D eigenvalue weighted by atomic mass is 16.6. The van der Waals surface area contributed by atoms with Gasteiger partial charge in [-0.15, -0.1) is 0 Å². The number of ether oxygens (including phenoxy) is 4. The van der Waals surface area contributed by atoms with E-state index < -0.39 is 6.10 Å². The largest absolute Gasteiger partial charge is 0.388 e. The molecule has 1 aliphatic heterocycles. The predicted octanol–water partition coefficient (Wildman–Crippen LogP) is 4.10. The van der Waals surface area contributed by atoms with Crippen LogP contribution in [0.15, 0.2) is 0 Å². The van der Waals surface area contributed by atoms with Crippen LogP contribution in [0.5, 0.6) is 0 Å². The lowest BCUT2D eigenvalue weighted by Crippen LogP contribution is -2.60. The van der Waals surface area contributed by atoms with Crippen LogP contribution in [-0.2, 0) is 18.9 Å². The first-order chi connectivity index (χ1) is 12.7. The summed E-state index contributed by atoms with van der Waals surface area (Å²) >= 11 is 0. The fourth-order valence-corrected chi connectivity index (χ4v) is 3.23. The highest BCUT2D eigenvalue weighted by Gasteiger charge is 2.46. The van der Waals surface area contributed by atoms with E-state index in [1.54, 1.807) is 0 Å². The Balaban J connectivity index is 2.79. The zero-order valence-electron chi connectivity index (χ0n) is 17.5. The van der Waals surface area contributed by atoms with Crippen molar-refractivity contribution in [1.29, 1.82) is 0 Å². The van der Waals surface area contributed by atoms with Gasteiger partial charge >= 0.3 is 0 Å². The number of hydrogen-bond donors (Lipinski definition) is 1. The second kappa shape index (κ2) is 14.8. The minimum Gasteiger partial charge on any atom is -0.388 e. The number of aliphatic hydroxyl groups excluding tert-OH is 1. The van der Waals surface area contributed by atoms with Crippen LogP contribution >= 0.6 is 0 Å². The van der Waals surface area contributed by atoms with E-state index >= 15 is 0 Å². The molecule has 5 heteroatoms. The van der Waals surface area contributed by atoms with Gasteiger partial charge in [-0.1, -0.05) is 53.4 Å². The van der Waals surface area contributed by atoms with E-state index in [1.807, 2.05) is 0 Å². The fourth-order valence-electron chi connectivity index (χ4n) is 3.23. The average Bonchev–Trinajstić information content (AvgIpc) is 2.64. The SMILES string of the molecule is CCCCOC[C@H]1O[C@@H](CCC)[C@H](O)[C@@H](OCCCC)C1OCCCC. The molecule has 1 rings (SSSR count). The smallest absolute Gasteiger partial charge is 0.115 e. The molecule has 1 unspecified atom stereocenters. The molecule has 156 valence electrons. The number of rotatable bonds is 15. The van der Waals surface area contributed by atoms with Crippen LogP contribution in [0.3, 0.4) is 0 Å². The van der Waals surface area contributed by atoms with Crippen LogP contribution < -0.4 is 0 Å². The van der Waals surface area contributed by atoms with Gasteiger partial charge in [-0.25, -0.2) is 0 Å². The fraction of sp³-hybridized carbons (Fsp3) is 1.00. The first-order valence-electron chi connectivity index (χ1n) is 10.8. The van der Waals surface area contributed by atoms with Crippen LogP contribution in [0, 0.1) is 0 Å². The average molecular weight is 375 g/mol. The summed E-state index contributed by atoms with van der Waals surface area (Å²) in [5.74, 6) is 0. The molecule has 0 aromatic rings. The monoisotopic (exact) mass is 374 g/mol. The van der Waals surface area contributed by atoms with Crippen molar-refractivity contribution < 1.29 is 24.1 Å². The first kappa shape index (κ1) is 23.8. The molecule has 0 saturated carbocycles. The lowest BCUT2D eigenvalue weighted by molar-refractivity contribution is -0.257. The minimum absolute atomic E-state index is 0.185. The Labute approximate surface area is 160 Å². The van der Waals surface area contributed by atoms with Crippen molar-refractivity contribution in [1.82, 2.24) is 0 Å². The van der Waals surface area contributed by atoms with Crippen LogP contribution in [-0.4, -0.2) is 62.1 Å². The highest BCUT2D eigenvalue weighted by Crippen LogP contribution is 2.29. The van der Waals surface area contributed by atoms with Crippen LogP contribution in [0.4, 0.5) is 0 Å². The normalized spacial score (nSPS) is 29.2. The zero-order chi connectivity index (χ0) is 19.2. The number of unbranched alkanes of at least 4 members (excludes halogenated alkanes) is 3. The van der Waals surface area contributed by atoms with E-state index in [2.05, 4.69) is 27.7 Å². The quantitative estimate of drug-likeness (QED) is 0.437. The van der Waals surface area contributed by atoms with E-state index in [0.29, 0.717) is 19.8 Å². The highest BCUT2D eigenvalue weighted by molar-refractivity contribution is 4.94. The molecule has 1 saturated heterocycles. The summed E-state index contributed by atoms with van der Waals surface area (Å²) in [6, 6.07) is 0. The Morgan fingerprint density at radius 1 is 0.731 bits per heavy atom. The molecule has 0 aliphatic carbocycles. The summed E-state index contributed by atoms with van der Waals surface area (Å²) in [4.78, 5) is 0. The number of aliphatic hydroxyl groups is 1. The Morgan fingerprint density at radius 2 is 1.31 bits per heavy atom. The molecule has 0 amide bonds. The Hall–Kier alpha value is -0.200. The van der Waals surface area contributed by atoms with E-state index in [1.165, 1.54) is 0 Å². The van der Waals surface area contributed by atoms with Crippen molar-refractivity contribution in [2.75, 3.05) is 26.4 Å². The van der Waals surface area contributed by atoms with Crippen molar-refractivity contribution in [3.63, 3.8) is 0 Å². The Morgan fingerprint density at radius 3 is 1.88 bits per heavy atom. The molecule has 0 aromatic heterocycles. The van der Waals surface area contributed by atoms with Crippen molar-refractivity contribution in [2.45, 2.75) is 110 Å². The lowest BCUT2D eigenvalue weighted by Gasteiger charge is -2.44. The standard InChI is InChI=1S/C21H42O5/c1-5-9-13-23-16-18-20(24-14-10-6-2)21(25-15-11-7-3)19(22)17(26-18)12-8-4/h17-22H,5-16H2,1-4H3/t17-,18+,19-,20?,21+/m0/s1. The van der Waals surface area contributed by atoms with Gasteiger partial charge in [-0.3, -0.25) is 0 Å². The molecule has 0 aromatic carbocycles. The third-order valence-electron chi connectivity index (χ3n) is 4.87. The Kier molecular flexibility index (Phi) is 13.6. The van der Waals surface area contributed by atoms with Gasteiger partial charge in [-0.05, 0) is 25.7 Å². The van der Waals surface area contributed by atoms with E-state index in [-0.39, 0.29) is 24.4 Å². The molecule has 1 fully saturated rings. The van der Waals surface area contributed by atoms with Gasteiger partial charge in [0.25, 0.3) is 0 Å². The van der Waals surface area contributed by atoms with Crippen molar-refractivity contribution in [3.8, 4) is 0 Å². The molecule has 5 nitrogen and oxygen atoms in total. The molecule has 0 spiro atoms. The molecule has 1 aliphatic rings.